The third kappa shape index (κ3) is 3.40. The number of carbonyl (C=O) groups is 1. The summed E-state index contributed by atoms with van der Waals surface area (Å²) in [6.45, 7) is 5.30. The molecular formula is C15H26ClNO. The quantitative estimate of drug-likeness (QED) is 0.779. The molecule has 1 N–H and O–H groups in total. The number of amides is 1. The summed E-state index contributed by atoms with van der Waals surface area (Å²) in [4.78, 5) is 12.3. The van der Waals surface area contributed by atoms with Crippen molar-refractivity contribution in [3.8, 4) is 0 Å². The van der Waals surface area contributed by atoms with Crippen LogP contribution in [0.3, 0.4) is 0 Å². The summed E-state index contributed by atoms with van der Waals surface area (Å²) in [5.41, 5.74) is 0.174. The molecule has 3 atom stereocenters. The molecule has 2 rings (SSSR count). The predicted molar refractivity (Wildman–Crippen MR) is 75.7 cm³/mol. The van der Waals surface area contributed by atoms with Gasteiger partial charge in [0.1, 0.15) is 0 Å². The number of carbonyl (C=O) groups excluding carboxylic acids is 1. The zero-order valence-corrected chi connectivity index (χ0v) is 12.4. The highest BCUT2D eigenvalue weighted by Gasteiger charge is 2.37. The smallest absolute Gasteiger partial charge is 0.223 e. The van der Waals surface area contributed by atoms with Gasteiger partial charge in [-0.3, -0.25) is 4.79 Å². The largest absolute Gasteiger partial charge is 0.356 e. The van der Waals surface area contributed by atoms with Crippen LogP contribution in [0.1, 0.15) is 58.8 Å². The Bertz CT molecular complexity index is 303. The van der Waals surface area contributed by atoms with Crippen molar-refractivity contribution in [3.05, 3.63) is 0 Å². The first-order valence-electron chi connectivity index (χ1n) is 7.41. The zero-order valence-electron chi connectivity index (χ0n) is 11.7. The average Bonchev–Trinajstić information content (AvgIpc) is 2.71. The maximum absolute atomic E-state index is 12.3. The van der Waals surface area contributed by atoms with Gasteiger partial charge in [-0.2, -0.15) is 0 Å². The highest BCUT2D eigenvalue weighted by atomic mass is 35.5. The number of rotatable bonds is 3. The van der Waals surface area contributed by atoms with Crippen LogP contribution < -0.4 is 5.32 Å². The number of halogens is 1. The van der Waals surface area contributed by atoms with E-state index in [0.29, 0.717) is 11.3 Å². The third-order valence-corrected chi connectivity index (χ3v) is 5.26. The summed E-state index contributed by atoms with van der Waals surface area (Å²) < 4.78 is 0. The standard InChI is InChI=1S/C15H26ClNO/c1-15(2)8-4-3-5-13(15)14(18)17-10-11-6-7-12(16)9-11/h11-13H,3-10H2,1-2H3,(H,17,18). The molecule has 2 fully saturated rings. The monoisotopic (exact) mass is 271 g/mol. The van der Waals surface area contributed by atoms with E-state index in [4.69, 9.17) is 11.6 Å². The fraction of sp³-hybridized carbons (Fsp3) is 0.933. The Kier molecular flexibility index (Phi) is 4.58. The van der Waals surface area contributed by atoms with Crippen LogP contribution in [-0.2, 0) is 4.79 Å². The van der Waals surface area contributed by atoms with E-state index in [9.17, 15) is 4.79 Å². The van der Waals surface area contributed by atoms with Crippen LogP contribution >= 0.6 is 11.6 Å². The SMILES string of the molecule is CC1(C)CCCCC1C(=O)NCC1CCC(Cl)C1. The molecule has 2 nitrogen and oxygen atoms in total. The number of alkyl halides is 1. The lowest BCUT2D eigenvalue weighted by Crippen LogP contribution is -2.42. The van der Waals surface area contributed by atoms with Gasteiger partial charge in [0.2, 0.25) is 5.91 Å². The van der Waals surface area contributed by atoms with E-state index in [0.717, 1.165) is 25.8 Å². The highest BCUT2D eigenvalue weighted by molar-refractivity contribution is 6.20. The summed E-state index contributed by atoms with van der Waals surface area (Å²) in [7, 11) is 0. The van der Waals surface area contributed by atoms with Crippen molar-refractivity contribution >= 4 is 17.5 Å². The topological polar surface area (TPSA) is 29.1 Å². The Morgan fingerprint density at radius 1 is 1.28 bits per heavy atom. The van der Waals surface area contributed by atoms with Crippen molar-refractivity contribution in [2.75, 3.05) is 6.54 Å². The van der Waals surface area contributed by atoms with E-state index in [1.807, 2.05) is 0 Å². The maximum Gasteiger partial charge on any atom is 0.223 e. The summed E-state index contributed by atoms with van der Waals surface area (Å²) in [6, 6.07) is 0. The van der Waals surface area contributed by atoms with Crippen molar-refractivity contribution in [1.29, 1.82) is 0 Å². The van der Waals surface area contributed by atoms with Crippen LogP contribution in [0.5, 0.6) is 0 Å². The zero-order chi connectivity index (χ0) is 13.2. The Morgan fingerprint density at radius 2 is 2.06 bits per heavy atom. The second-order valence-electron chi connectivity index (χ2n) is 6.81. The molecule has 0 aromatic heterocycles. The summed E-state index contributed by atoms with van der Waals surface area (Å²) in [5.74, 6) is 1.08. The maximum atomic E-state index is 12.3. The van der Waals surface area contributed by atoms with Gasteiger partial charge >= 0.3 is 0 Å². The Morgan fingerprint density at radius 3 is 2.67 bits per heavy atom. The van der Waals surface area contributed by atoms with Gasteiger partial charge in [-0.15, -0.1) is 11.6 Å². The fourth-order valence-electron chi connectivity index (χ4n) is 3.55. The van der Waals surface area contributed by atoms with Gasteiger partial charge in [0, 0.05) is 17.8 Å². The van der Waals surface area contributed by atoms with Crippen LogP contribution in [0.15, 0.2) is 0 Å². The number of nitrogens with one attached hydrogen (secondary N) is 1. The Hall–Kier alpha value is -0.240. The summed E-state index contributed by atoms with van der Waals surface area (Å²) >= 11 is 6.10. The van der Waals surface area contributed by atoms with Crippen LogP contribution in [0.4, 0.5) is 0 Å². The normalized spacial score (nSPS) is 35.4. The second kappa shape index (κ2) is 5.81. The molecule has 2 aliphatic carbocycles. The van der Waals surface area contributed by atoms with E-state index in [1.165, 1.54) is 25.7 Å². The fourth-order valence-corrected chi connectivity index (χ4v) is 3.93. The van der Waals surface area contributed by atoms with Gasteiger partial charge in [-0.05, 0) is 43.4 Å². The molecule has 2 saturated carbocycles. The minimum atomic E-state index is 0.174. The van der Waals surface area contributed by atoms with Crippen molar-refractivity contribution < 1.29 is 4.79 Å². The average molecular weight is 272 g/mol. The minimum Gasteiger partial charge on any atom is -0.356 e. The molecule has 0 bridgehead atoms. The molecule has 0 aromatic rings. The molecule has 2 aliphatic rings. The van der Waals surface area contributed by atoms with Gasteiger partial charge in [-0.25, -0.2) is 0 Å². The molecular weight excluding hydrogens is 246 g/mol. The van der Waals surface area contributed by atoms with Gasteiger partial charge in [0.05, 0.1) is 0 Å². The van der Waals surface area contributed by atoms with Crippen LogP contribution in [0.2, 0.25) is 0 Å². The lowest BCUT2D eigenvalue weighted by atomic mass is 9.68. The number of hydrogen-bond acceptors (Lipinski definition) is 1. The summed E-state index contributed by atoms with van der Waals surface area (Å²) in [5, 5.41) is 3.50. The van der Waals surface area contributed by atoms with E-state index in [-0.39, 0.29) is 17.2 Å². The van der Waals surface area contributed by atoms with Gasteiger partial charge < -0.3 is 5.32 Å². The molecule has 0 spiro atoms. The van der Waals surface area contributed by atoms with Crippen LogP contribution in [0, 0.1) is 17.3 Å². The lowest BCUT2D eigenvalue weighted by molar-refractivity contribution is -0.130. The number of hydrogen-bond donors (Lipinski definition) is 1. The molecule has 0 aromatic carbocycles. The van der Waals surface area contributed by atoms with Crippen molar-refractivity contribution in [1.82, 2.24) is 5.32 Å². The molecule has 0 saturated heterocycles. The first-order valence-corrected chi connectivity index (χ1v) is 7.84. The Labute approximate surface area is 116 Å². The minimum absolute atomic E-state index is 0.174. The Balaban J connectivity index is 1.80. The predicted octanol–water partition coefficient (Wildman–Crippen LogP) is 3.73. The van der Waals surface area contributed by atoms with E-state index in [1.54, 1.807) is 0 Å². The molecule has 104 valence electrons. The van der Waals surface area contributed by atoms with E-state index < -0.39 is 0 Å². The molecule has 0 radical (unpaired) electrons. The molecule has 3 unspecified atom stereocenters. The van der Waals surface area contributed by atoms with Crippen LogP contribution in [-0.4, -0.2) is 17.8 Å². The third-order valence-electron chi connectivity index (χ3n) is 4.87. The van der Waals surface area contributed by atoms with Gasteiger partial charge in [-0.1, -0.05) is 26.7 Å². The first-order chi connectivity index (χ1) is 8.49. The van der Waals surface area contributed by atoms with Crippen molar-refractivity contribution in [2.24, 2.45) is 17.3 Å². The van der Waals surface area contributed by atoms with E-state index >= 15 is 0 Å². The molecule has 0 heterocycles. The lowest BCUT2D eigenvalue weighted by Gasteiger charge is -2.37. The molecule has 1 amide bonds. The summed E-state index contributed by atoms with van der Waals surface area (Å²) in [6.07, 6.45) is 8.05. The first kappa shape index (κ1) is 14.2. The van der Waals surface area contributed by atoms with Crippen LogP contribution in [0.25, 0.3) is 0 Å². The molecule has 18 heavy (non-hydrogen) atoms. The van der Waals surface area contributed by atoms with Gasteiger partial charge in [0.15, 0.2) is 0 Å². The molecule has 0 aliphatic heterocycles. The van der Waals surface area contributed by atoms with Crippen molar-refractivity contribution in [2.45, 2.75) is 64.2 Å². The van der Waals surface area contributed by atoms with Gasteiger partial charge in [0.25, 0.3) is 0 Å². The highest BCUT2D eigenvalue weighted by Crippen LogP contribution is 2.40. The second-order valence-corrected chi connectivity index (χ2v) is 7.43. The van der Waals surface area contributed by atoms with E-state index in [2.05, 4.69) is 19.2 Å². The van der Waals surface area contributed by atoms with Crippen molar-refractivity contribution in [3.63, 3.8) is 0 Å². The molecule has 3 heteroatoms.